The summed E-state index contributed by atoms with van der Waals surface area (Å²) in [6, 6.07) is 0. The van der Waals surface area contributed by atoms with Crippen molar-refractivity contribution in [2.24, 2.45) is 29.6 Å². The second kappa shape index (κ2) is 7.19. The van der Waals surface area contributed by atoms with Crippen LogP contribution in [0.15, 0.2) is 17.9 Å². The van der Waals surface area contributed by atoms with E-state index in [1.165, 1.54) is 37.7 Å². The molecule has 0 bridgehead atoms. The number of rotatable bonds is 8. The summed E-state index contributed by atoms with van der Waals surface area (Å²) in [5.41, 5.74) is 4.72. The molecule has 1 rings (SSSR count). The standard InChI is InChI=1S/C18H32/c1-7-10-14(5)16(9-3)12-18-15(6)17(18)11-13(4)8-2/h13-15,17-18H,3,7-8,10-12H2,1-2,4-6H3. The Labute approximate surface area is 115 Å². The molecular formula is C18H32. The molecule has 0 nitrogen and oxygen atoms in total. The van der Waals surface area contributed by atoms with Gasteiger partial charge in [0.1, 0.15) is 0 Å². The van der Waals surface area contributed by atoms with Crippen LogP contribution in [0.25, 0.3) is 0 Å². The maximum absolute atomic E-state index is 3.91. The highest BCUT2D eigenvalue weighted by Gasteiger charge is 2.46. The van der Waals surface area contributed by atoms with Gasteiger partial charge in [0, 0.05) is 0 Å². The average molecular weight is 248 g/mol. The van der Waals surface area contributed by atoms with Crippen LogP contribution in [0.5, 0.6) is 0 Å². The Morgan fingerprint density at radius 2 is 1.89 bits per heavy atom. The lowest BCUT2D eigenvalue weighted by atomic mass is 9.91. The lowest BCUT2D eigenvalue weighted by molar-refractivity contribution is 0.453. The Hall–Kier alpha value is -0.480. The van der Waals surface area contributed by atoms with Crippen LogP contribution in [0.2, 0.25) is 0 Å². The van der Waals surface area contributed by atoms with Crippen molar-refractivity contribution < 1.29 is 0 Å². The highest BCUT2D eigenvalue weighted by atomic mass is 14.5. The minimum atomic E-state index is 0.685. The lowest BCUT2D eigenvalue weighted by Gasteiger charge is -2.13. The Bertz CT molecular complexity index is 295. The molecule has 0 radical (unpaired) electrons. The van der Waals surface area contributed by atoms with E-state index in [0.29, 0.717) is 5.92 Å². The zero-order valence-electron chi connectivity index (χ0n) is 13.1. The van der Waals surface area contributed by atoms with Gasteiger partial charge >= 0.3 is 0 Å². The summed E-state index contributed by atoms with van der Waals surface area (Å²) in [6.07, 6.45) is 6.56. The predicted molar refractivity (Wildman–Crippen MR) is 81.6 cm³/mol. The van der Waals surface area contributed by atoms with E-state index in [1.54, 1.807) is 0 Å². The van der Waals surface area contributed by atoms with E-state index in [2.05, 4.69) is 46.9 Å². The average Bonchev–Trinajstić information content (AvgIpc) is 2.95. The first-order valence-corrected chi connectivity index (χ1v) is 7.93. The van der Waals surface area contributed by atoms with Crippen LogP contribution >= 0.6 is 0 Å². The third kappa shape index (κ3) is 4.02. The van der Waals surface area contributed by atoms with E-state index < -0.39 is 0 Å². The van der Waals surface area contributed by atoms with Gasteiger partial charge in [-0.05, 0) is 54.4 Å². The van der Waals surface area contributed by atoms with E-state index in [-0.39, 0.29) is 0 Å². The fourth-order valence-electron chi connectivity index (χ4n) is 3.30. The van der Waals surface area contributed by atoms with Gasteiger partial charge in [-0.15, -0.1) is 5.73 Å². The van der Waals surface area contributed by atoms with Crippen LogP contribution in [0, 0.1) is 29.6 Å². The van der Waals surface area contributed by atoms with Crippen LogP contribution in [-0.2, 0) is 0 Å². The van der Waals surface area contributed by atoms with Gasteiger partial charge in [-0.25, -0.2) is 0 Å². The summed E-state index contributed by atoms with van der Waals surface area (Å²) in [5.74, 6) is 4.40. The third-order valence-corrected chi connectivity index (χ3v) is 5.13. The molecule has 0 amide bonds. The molecule has 0 aromatic carbocycles. The number of hydrogen-bond donors (Lipinski definition) is 0. The van der Waals surface area contributed by atoms with E-state index >= 15 is 0 Å². The monoisotopic (exact) mass is 248 g/mol. The van der Waals surface area contributed by atoms with Crippen molar-refractivity contribution in [3.8, 4) is 0 Å². The molecule has 5 atom stereocenters. The van der Waals surface area contributed by atoms with Gasteiger partial charge in [0.05, 0.1) is 0 Å². The smallest absolute Gasteiger partial charge is 0.0156 e. The largest absolute Gasteiger partial charge is 0.129 e. The highest BCUT2D eigenvalue weighted by molar-refractivity contribution is 5.10. The topological polar surface area (TPSA) is 0 Å². The van der Waals surface area contributed by atoms with Crippen LogP contribution < -0.4 is 0 Å². The summed E-state index contributed by atoms with van der Waals surface area (Å²) in [7, 11) is 0. The molecule has 18 heavy (non-hydrogen) atoms. The van der Waals surface area contributed by atoms with Crippen molar-refractivity contribution in [2.75, 3.05) is 0 Å². The summed E-state index contributed by atoms with van der Waals surface area (Å²) >= 11 is 0. The van der Waals surface area contributed by atoms with Crippen molar-refractivity contribution in [2.45, 2.75) is 66.7 Å². The molecule has 0 N–H and O–H groups in total. The molecule has 0 aromatic rings. The molecule has 1 saturated carbocycles. The molecule has 0 aromatic heterocycles. The highest BCUT2D eigenvalue weighted by Crippen LogP contribution is 2.53. The van der Waals surface area contributed by atoms with Gasteiger partial charge in [0.15, 0.2) is 0 Å². The first-order chi connectivity index (χ1) is 8.54. The maximum atomic E-state index is 3.91. The molecule has 0 heterocycles. The van der Waals surface area contributed by atoms with Crippen molar-refractivity contribution in [1.82, 2.24) is 0 Å². The maximum Gasteiger partial charge on any atom is -0.0156 e. The Balaban J connectivity index is 2.46. The molecule has 1 fully saturated rings. The van der Waals surface area contributed by atoms with Gasteiger partial charge < -0.3 is 0 Å². The Morgan fingerprint density at radius 3 is 2.39 bits per heavy atom. The number of allylic oxidation sites excluding steroid dienone is 1. The van der Waals surface area contributed by atoms with E-state index in [0.717, 1.165) is 23.7 Å². The third-order valence-electron chi connectivity index (χ3n) is 5.13. The molecule has 1 aliphatic rings. The Morgan fingerprint density at radius 1 is 1.22 bits per heavy atom. The first-order valence-electron chi connectivity index (χ1n) is 7.93. The van der Waals surface area contributed by atoms with Crippen molar-refractivity contribution in [3.05, 3.63) is 17.9 Å². The molecule has 104 valence electrons. The quantitative estimate of drug-likeness (QED) is 0.473. The summed E-state index contributed by atoms with van der Waals surface area (Å²) in [4.78, 5) is 0. The van der Waals surface area contributed by atoms with Crippen molar-refractivity contribution >= 4 is 0 Å². The van der Waals surface area contributed by atoms with Gasteiger partial charge in [-0.2, -0.15) is 0 Å². The molecule has 5 unspecified atom stereocenters. The van der Waals surface area contributed by atoms with Crippen molar-refractivity contribution in [1.29, 1.82) is 0 Å². The van der Waals surface area contributed by atoms with Crippen molar-refractivity contribution in [3.63, 3.8) is 0 Å². The zero-order chi connectivity index (χ0) is 13.7. The van der Waals surface area contributed by atoms with Crippen LogP contribution in [-0.4, -0.2) is 0 Å². The molecule has 0 heteroatoms. The van der Waals surface area contributed by atoms with Gasteiger partial charge in [-0.1, -0.05) is 54.0 Å². The molecule has 0 spiro atoms. The van der Waals surface area contributed by atoms with Gasteiger partial charge in [0.2, 0.25) is 0 Å². The zero-order valence-corrected chi connectivity index (χ0v) is 13.1. The van der Waals surface area contributed by atoms with E-state index in [1.807, 2.05) is 0 Å². The van der Waals surface area contributed by atoms with Crippen LogP contribution in [0.1, 0.15) is 66.7 Å². The van der Waals surface area contributed by atoms with Gasteiger partial charge in [-0.3, -0.25) is 0 Å². The fraction of sp³-hybridized carbons (Fsp3) is 0.833. The van der Waals surface area contributed by atoms with E-state index in [4.69, 9.17) is 0 Å². The summed E-state index contributed by atoms with van der Waals surface area (Å²) in [6.45, 7) is 15.7. The molecule has 1 aliphatic carbocycles. The minimum absolute atomic E-state index is 0.685. The van der Waals surface area contributed by atoms with Crippen LogP contribution in [0.3, 0.4) is 0 Å². The number of hydrogen-bond acceptors (Lipinski definition) is 0. The van der Waals surface area contributed by atoms with Crippen LogP contribution in [0.4, 0.5) is 0 Å². The summed E-state index contributed by atoms with van der Waals surface area (Å²) < 4.78 is 0. The fourth-order valence-corrected chi connectivity index (χ4v) is 3.30. The predicted octanol–water partition coefficient (Wildman–Crippen LogP) is 5.84. The molecule has 0 saturated heterocycles. The summed E-state index contributed by atoms with van der Waals surface area (Å²) in [5, 5.41) is 0. The SMILES string of the molecule is C=C=C(CC1C(C)C1CC(C)CC)C(C)CCC. The molecule has 0 aliphatic heterocycles. The Kier molecular flexibility index (Phi) is 6.22. The second-order valence-corrected chi connectivity index (χ2v) is 6.53. The lowest BCUT2D eigenvalue weighted by Crippen LogP contribution is -2.01. The minimum Gasteiger partial charge on any atom is -0.129 e. The second-order valence-electron chi connectivity index (χ2n) is 6.53. The normalized spacial score (nSPS) is 29.5. The van der Waals surface area contributed by atoms with E-state index in [9.17, 15) is 0 Å². The molecular weight excluding hydrogens is 216 g/mol. The first kappa shape index (κ1) is 15.6. The van der Waals surface area contributed by atoms with Gasteiger partial charge in [0.25, 0.3) is 0 Å².